The second kappa shape index (κ2) is 65.9. The first-order valence-electron chi connectivity index (χ1n) is 34.6. The normalized spacial score (nSPS) is 12.6. The zero-order chi connectivity index (χ0) is 55.0. The molecule has 0 aliphatic carbocycles. The molecule has 0 aromatic rings. The van der Waals surface area contributed by atoms with Gasteiger partial charge in [-0.05, 0) is 57.8 Å². The zero-order valence-electron chi connectivity index (χ0n) is 51.5. The van der Waals surface area contributed by atoms with Crippen LogP contribution in [-0.4, -0.2) is 47.4 Å². The predicted octanol–water partition coefficient (Wildman–Crippen LogP) is 22.1. The maximum absolute atomic E-state index is 12.5. The van der Waals surface area contributed by atoms with Crippen LogP contribution in [0.1, 0.15) is 386 Å². The summed E-state index contributed by atoms with van der Waals surface area (Å²) >= 11 is 0. The van der Waals surface area contributed by atoms with Crippen LogP contribution in [0.25, 0.3) is 0 Å². The molecule has 76 heavy (non-hydrogen) atoms. The lowest BCUT2D eigenvalue weighted by Gasteiger charge is -2.22. The summed E-state index contributed by atoms with van der Waals surface area (Å²) in [5, 5.41) is 23.4. The summed E-state index contributed by atoms with van der Waals surface area (Å²) in [7, 11) is 0. The van der Waals surface area contributed by atoms with Gasteiger partial charge in [-0.1, -0.05) is 340 Å². The third kappa shape index (κ3) is 61.6. The summed E-state index contributed by atoms with van der Waals surface area (Å²) in [6, 6.07) is -0.541. The van der Waals surface area contributed by atoms with Gasteiger partial charge < -0.3 is 20.3 Å². The highest BCUT2D eigenvalue weighted by atomic mass is 16.5. The van der Waals surface area contributed by atoms with Gasteiger partial charge in [0.15, 0.2) is 0 Å². The SMILES string of the molecule is CCCCCCCCCCCCCCCCCCCC(O)C(CO)NC(=O)CCCCCCCCCCCCCCCCC/C=C\C/C=C\CCCCCCCCCCCOC(=O)CCCCCCCCCCCCC. The van der Waals surface area contributed by atoms with Gasteiger partial charge in [-0.3, -0.25) is 9.59 Å². The minimum absolute atomic E-state index is 0.0134. The molecule has 2 unspecified atom stereocenters. The maximum Gasteiger partial charge on any atom is 0.305 e. The van der Waals surface area contributed by atoms with Gasteiger partial charge in [0, 0.05) is 12.8 Å². The lowest BCUT2D eigenvalue weighted by molar-refractivity contribution is -0.143. The Balaban J connectivity index is 3.39. The van der Waals surface area contributed by atoms with Crippen molar-refractivity contribution in [1.82, 2.24) is 5.32 Å². The van der Waals surface area contributed by atoms with Gasteiger partial charge in [0.2, 0.25) is 5.91 Å². The number of carbonyl (C=O) groups excluding carboxylic acids is 2. The molecule has 3 N–H and O–H groups in total. The molecule has 0 saturated carbocycles. The summed E-state index contributed by atoms with van der Waals surface area (Å²) in [6.45, 7) is 4.98. The fourth-order valence-electron chi connectivity index (χ4n) is 11.0. The highest BCUT2D eigenvalue weighted by molar-refractivity contribution is 5.76. The van der Waals surface area contributed by atoms with E-state index < -0.39 is 12.1 Å². The van der Waals surface area contributed by atoms with E-state index >= 15 is 0 Å². The lowest BCUT2D eigenvalue weighted by Crippen LogP contribution is -2.45. The van der Waals surface area contributed by atoms with E-state index in [1.807, 2.05) is 0 Å². The number of aliphatic hydroxyl groups excluding tert-OH is 2. The van der Waals surface area contributed by atoms with Crippen LogP contribution < -0.4 is 5.32 Å². The molecule has 0 spiro atoms. The number of amides is 1. The van der Waals surface area contributed by atoms with E-state index in [9.17, 15) is 19.8 Å². The number of aliphatic hydroxyl groups is 2. The van der Waals surface area contributed by atoms with Crippen molar-refractivity contribution in [1.29, 1.82) is 0 Å². The lowest BCUT2D eigenvalue weighted by atomic mass is 10.0. The van der Waals surface area contributed by atoms with Crippen molar-refractivity contribution in [2.24, 2.45) is 0 Å². The Kier molecular flexibility index (Phi) is 64.4. The monoisotopic (exact) mass is 1070 g/mol. The summed E-state index contributed by atoms with van der Waals surface area (Å²) < 4.78 is 5.47. The minimum Gasteiger partial charge on any atom is -0.466 e. The van der Waals surface area contributed by atoms with Crippen molar-refractivity contribution in [3.8, 4) is 0 Å². The van der Waals surface area contributed by atoms with Crippen LogP contribution in [0.4, 0.5) is 0 Å². The smallest absolute Gasteiger partial charge is 0.305 e. The van der Waals surface area contributed by atoms with Gasteiger partial charge in [-0.25, -0.2) is 0 Å². The average Bonchev–Trinajstić information content (AvgIpc) is 3.42. The Morgan fingerprint density at radius 1 is 0.368 bits per heavy atom. The topological polar surface area (TPSA) is 95.9 Å². The van der Waals surface area contributed by atoms with E-state index in [-0.39, 0.29) is 18.5 Å². The van der Waals surface area contributed by atoms with Gasteiger partial charge in [0.25, 0.3) is 0 Å². The number of carbonyl (C=O) groups is 2. The first-order chi connectivity index (χ1) is 37.5. The van der Waals surface area contributed by atoms with Crippen LogP contribution >= 0.6 is 0 Å². The predicted molar refractivity (Wildman–Crippen MR) is 333 cm³/mol. The van der Waals surface area contributed by atoms with Crippen molar-refractivity contribution in [2.45, 2.75) is 398 Å². The highest BCUT2D eigenvalue weighted by Gasteiger charge is 2.20. The quantitative estimate of drug-likeness (QED) is 0.0320. The fourth-order valence-corrected chi connectivity index (χ4v) is 11.0. The highest BCUT2D eigenvalue weighted by Crippen LogP contribution is 2.19. The van der Waals surface area contributed by atoms with Crippen LogP contribution in [0, 0.1) is 0 Å². The molecule has 6 nitrogen and oxygen atoms in total. The Bertz CT molecular complexity index is 1190. The van der Waals surface area contributed by atoms with Crippen LogP contribution in [0.15, 0.2) is 24.3 Å². The van der Waals surface area contributed by atoms with Crippen molar-refractivity contribution in [3.63, 3.8) is 0 Å². The van der Waals surface area contributed by atoms with E-state index in [4.69, 9.17) is 4.74 Å². The number of rotatable bonds is 65. The number of esters is 1. The molecule has 0 rings (SSSR count). The second-order valence-electron chi connectivity index (χ2n) is 23.9. The zero-order valence-corrected chi connectivity index (χ0v) is 51.5. The van der Waals surface area contributed by atoms with Crippen LogP contribution in [-0.2, 0) is 14.3 Å². The second-order valence-corrected chi connectivity index (χ2v) is 23.9. The van der Waals surface area contributed by atoms with Gasteiger partial charge in [0.1, 0.15) is 0 Å². The molecule has 0 aromatic heterocycles. The average molecular weight is 1070 g/mol. The number of ether oxygens (including phenoxy) is 1. The van der Waals surface area contributed by atoms with Gasteiger partial charge >= 0.3 is 5.97 Å². The van der Waals surface area contributed by atoms with E-state index in [2.05, 4.69) is 43.5 Å². The number of hydrogen-bond acceptors (Lipinski definition) is 5. The van der Waals surface area contributed by atoms with E-state index in [1.165, 1.54) is 308 Å². The fraction of sp³-hybridized carbons (Fsp3) is 0.914. The van der Waals surface area contributed by atoms with Crippen molar-refractivity contribution < 1.29 is 24.5 Å². The van der Waals surface area contributed by atoms with Crippen LogP contribution in [0.2, 0.25) is 0 Å². The van der Waals surface area contributed by atoms with Crippen molar-refractivity contribution in [2.75, 3.05) is 13.2 Å². The molecule has 2 atom stereocenters. The minimum atomic E-state index is -0.664. The largest absolute Gasteiger partial charge is 0.466 e. The van der Waals surface area contributed by atoms with Crippen LogP contribution in [0.3, 0.4) is 0 Å². The Morgan fingerprint density at radius 3 is 1.00 bits per heavy atom. The molecule has 0 bridgehead atoms. The summed E-state index contributed by atoms with van der Waals surface area (Å²) in [6.07, 6.45) is 82.2. The first-order valence-corrected chi connectivity index (χ1v) is 34.6. The maximum atomic E-state index is 12.5. The molecule has 450 valence electrons. The molecule has 0 saturated heterocycles. The molecular formula is C70H135NO5. The third-order valence-corrected chi connectivity index (χ3v) is 16.3. The van der Waals surface area contributed by atoms with Gasteiger partial charge in [-0.2, -0.15) is 0 Å². The standard InChI is InChI=1S/C70H135NO5/c1-3-5-7-9-11-13-15-16-17-33-36-39-43-46-50-54-58-62-68(73)67(66-72)71-69(74)63-59-55-51-47-44-40-37-34-31-29-27-25-23-21-19-18-20-22-24-26-28-30-32-35-38-41-45-49-53-57-61-65-76-70(75)64-60-56-52-48-42-14-12-10-8-6-4-2/h20,22,26,28,67-68,72-73H,3-19,21,23-25,27,29-66H2,1-2H3,(H,71,74)/b22-20-,28-26-. The van der Waals surface area contributed by atoms with E-state index in [0.29, 0.717) is 25.9 Å². The molecule has 0 aliphatic heterocycles. The molecule has 0 radical (unpaired) electrons. The van der Waals surface area contributed by atoms with Crippen LogP contribution in [0.5, 0.6) is 0 Å². The first kappa shape index (κ1) is 74.3. The van der Waals surface area contributed by atoms with E-state index in [1.54, 1.807) is 0 Å². The third-order valence-electron chi connectivity index (χ3n) is 16.3. The number of allylic oxidation sites excluding steroid dienone is 4. The Hall–Kier alpha value is -1.66. The molecule has 0 aromatic carbocycles. The number of unbranched alkanes of at least 4 members (excludes halogenated alkanes) is 50. The van der Waals surface area contributed by atoms with Gasteiger partial charge in [0.05, 0.1) is 25.4 Å². The van der Waals surface area contributed by atoms with Gasteiger partial charge in [-0.15, -0.1) is 0 Å². The number of nitrogens with one attached hydrogen (secondary N) is 1. The molecular weight excluding hydrogens is 935 g/mol. The number of hydrogen-bond donors (Lipinski definition) is 3. The van der Waals surface area contributed by atoms with Crippen molar-refractivity contribution >= 4 is 11.9 Å². The Labute approximate surface area is 475 Å². The summed E-state index contributed by atoms with van der Waals surface area (Å²) in [5.74, 6) is -0.0175. The summed E-state index contributed by atoms with van der Waals surface area (Å²) in [5.41, 5.74) is 0. The molecule has 6 heteroatoms. The molecule has 1 amide bonds. The molecule has 0 heterocycles. The Morgan fingerprint density at radius 2 is 0.658 bits per heavy atom. The summed E-state index contributed by atoms with van der Waals surface area (Å²) in [4.78, 5) is 24.5. The molecule has 0 fully saturated rings. The van der Waals surface area contributed by atoms with Crippen molar-refractivity contribution in [3.05, 3.63) is 24.3 Å². The molecule has 0 aliphatic rings. The van der Waals surface area contributed by atoms with E-state index in [0.717, 1.165) is 44.9 Å².